The largest absolute Gasteiger partial charge is 0.497 e. The van der Waals surface area contributed by atoms with Gasteiger partial charge in [-0.25, -0.2) is 4.68 Å². The molecule has 5 rings (SSSR count). The highest BCUT2D eigenvalue weighted by molar-refractivity contribution is 5.79. The molecule has 8 heteroatoms. The highest BCUT2D eigenvalue weighted by Crippen LogP contribution is 2.31. The number of pyridine rings is 1. The number of ether oxygens (including phenoxy) is 1. The first-order valence-electron chi connectivity index (χ1n) is 11.8. The van der Waals surface area contributed by atoms with E-state index in [-0.39, 0.29) is 11.6 Å². The van der Waals surface area contributed by atoms with Gasteiger partial charge in [-0.1, -0.05) is 30.7 Å². The zero-order valence-corrected chi connectivity index (χ0v) is 19.9. The van der Waals surface area contributed by atoms with Crippen LogP contribution in [0.1, 0.15) is 48.3 Å². The van der Waals surface area contributed by atoms with Crippen LogP contribution in [0.4, 0.5) is 0 Å². The molecule has 1 fully saturated rings. The molecule has 176 valence electrons. The van der Waals surface area contributed by atoms with Gasteiger partial charge in [-0.05, 0) is 90.5 Å². The molecule has 4 aromatic rings. The molecule has 2 aromatic heterocycles. The van der Waals surface area contributed by atoms with Crippen LogP contribution in [0.3, 0.4) is 0 Å². The molecule has 1 N–H and O–H groups in total. The van der Waals surface area contributed by atoms with Gasteiger partial charge in [-0.15, -0.1) is 5.10 Å². The summed E-state index contributed by atoms with van der Waals surface area (Å²) in [5, 5.41) is 13.8. The Morgan fingerprint density at radius 2 is 1.88 bits per heavy atom. The predicted octanol–water partition coefficient (Wildman–Crippen LogP) is 3.70. The second-order valence-electron chi connectivity index (χ2n) is 9.31. The molecular weight excluding hydrogens is 428 g/mol. The summed E-state index contributed by atoms with van der Waals surface area (Å²) in [5.74, 6) is 2.16. The Bertz CT molecular complexity index is 1340. The third-order valence-corrected chi connectivity index (χ3v) is 6.80. The third kappa shape index (κ3) is 4.46. The van der Waals surface area contributed by atoms with E-state index in [1.807, 2.05) is 47.1 Å². The zero-order valence-electron chi connectivity index (χ0n) is 19.9. The lowest BCUT2D eigenvalue weighted by Gasteiger charge is -2.35. The van der Waals surface area contributed by atoms with E-state index in [9.17, 15) is 4.79 Å². The van der Waals surface area contributed by atoms with Crippen LogP contribution in [0.5, 0.6) is 5.75 Å². The fourth-order valence-electron chi connectivity index (χ4n) is 4.76. The standard InChI is InChI=1S/C26H30N6O2/c1-17-10-12-31(13-11-17)24(22-15-20-14-18(2)4-9-23(20)27-26(22)33)25-28-29-30-32(25)16-19-5-7-21(34-3)8-6-19/h4-9,14-15,17,24H,10-13,16H2,1-3H3,(H,27,33). The Hall–Kier alpha value is -3.52. The molecule has 34 heavy (non-hydrogen) atoms. The maximum absolute atomic E-state index is 13.3. The van der Waals surface area contributed by atoms with Crippen molar-refractivity contribution >= 4 is 10.9 Å². The van der Waals surface area contributed by atoms with Crippen LogP contribution in [0.2, 0.25) is 0 Å². The van der Waals surface area contributed by atoms with E-state index in [0.717, 1.165) is 53.7 Å². The van der Waals surface area contributed by atoms with Crippen LogP contribution in [0.15, 0.2) is 53.3 Å². The second-order valence-corrected chi connectivity index (χ2v) is 9.31. The summed E-state index contributed by atoms with van der Waals surface area (Å²) in [5.41, 5.74) is 3.63. The Labute approximate surface area is 198 Å². The van der Waals surface area contributed by atoms with Gasteiger partial charge in [0.2, 0.25) is 0 Å². The van der Waals surface area contributed by atoms with Crippen molar-refractivity contribution in [3.8, 4) is 5.75 Å². The molecule has 2 aromatic carbocycles. The fourth-order valence-corrected chi connectivity index (χ4v) is 4.76. The topological polar surface area (TPSA) is 88.9 Å². The van der Waals surface area contributed by atoms with Crippen molar-refractivity contribution in [2.75, 3.05) is 20.2 Å². The molecule has 0 amide bonds. The van der Waals surface area contributed by atoms with Gasteiger partial charge < -0.3 is 9.72 Å². The van der Waals surface area contributed by atoms with Crippen LogP contribution in [-0.2, 0) is 6.54 Å². The van der Waals surface area contributed by atoms with Crippen molar-refractivity contribution in [3.63, 3.8) is 0 Å². The van der Waals surface area contributed by atoms with Gasteiger partial charge in [0.15, 0.2) is 5.82 Å². The van der Waals surface area contributed by atoms with Gasteiger partial charge in [0.05, 0.1) is 13.7 Å². The first-order chi connectivity index (χ1) is 16.5. The van der Waals surface area contributed by atoms with Gasteiger partial charge in [0.1, 0.15) is 11.8 Å². The smallest absolute Gasteiger partial charge is 0.253 e. The summed E-state index contributed by atoms with van der Waals surface area (Å²) in [6.45, 7) is 6.64. The lowest BCUT2D eigenvalue weighted by atomic mass is 9.95. The summed E-state index contributed by atoms with van der Waals surface area (Å²) < 4.78 is 7.09. The Morgan fingerprint density at radius 3 is 2.62 bits per heavy atom. The predicted molar refractivity (Wildman–Crippen MR) is 131 cm³/mol. The maximum Gasteiger partial charge on any atom is 0.253 e. The normalized spacial score (nSPS) is 16.1. The molecule has 1 aliphatic heterocycles. The number of rotatable bonds is 6. The molecule has 0 radical (unpaired) electrons. The number of nitrogens with one attached hydrogen (secondary N) is 1. The number of benzene rings is 2. The van der Waals surface area contributed by atoms with Crippen LogP contribution >= 0.6 is 0 Å². The van der Waals surface area contributed by atoms with Crippen molar-refractivity contribution in [2.24, 2.45) is 5.92 Å². The quantitative estimate of drug-likeness (QED) is 0.474. The minimum Gasteiger partial charge on any atom is -0.497 e. The molecule has 0 saturated carbocycles. The monoisotopic (exact) mass is 458 g/mol. The molecule has 1 unspecified atom stereocenters. The number of fused-ring (bicyclic) bond motifs is 1. The molecule has 0 spiro atoms. The van der Waals surface area contributed by atoms with Gasteiger partial charge in [-0.2, -0.15) is 0 Å². The number of hydrogen-bond donors (Lipinski definition) is 1. The zero-order chi connectivity index (χ0) is 23.7. The van der Waals surface area contributed by atoms with E-state index in [1.165, 1.54) is 0 Å². The van der Waals surface area contributed by atoms with E-state index in [4.69, 9.17) is 4.74 Å². The first-order valence-corrected chi connectivity index (χ1v) is 11.8. The SMILES string of the molecule is COc1ccc(Cn2nnnc2C(c2cc3cc(C)ccc3[nH]c2=O)N2CCC(C)CC2)cc1. The van der Waals surface area contributed by atoms with Crippen molar-refractivity contribution < 1.29 is 4.74 Å². The Kier molecular flexibility index (Phi) is 6.15. The summed E-state index contributed by atoms with van der Waals surface area (Å²) in [6, 6.07) is 15.6. The number of aromatic amines is 1. The minimum absolute atomic E-state index is 0.0982. The molecular formula is C26H30N6O2. The summed E-state index contributed by atoms with van der Waals surface area (Å²) in [4.78, 5) is 18.8. The number of piperidine rings is 1. The highest BCUT2D eigenvalue weighted by Gasteiger charge is 2.32. The van der Waals surface area contributed by atoms with Crippen LogP contribution in [0, 0.1) is 12.8 Å². The minimum atomic E-state index is -0.325. The van der Waals surface area contributed by atoms with Crippen molar-refractivity contribution in [3.05, 3.63) is 81.4 Å². The van der Waals surface area contributed by atoms with E-state index in [1.54, 1.807) is 7.11 Å². The molecule has 1 saturated heterocycles. The van der Waals surface area contributed by atoms with Gasteiger partial charge in [0, 0.05) is 11.1 Å². The van der Waals surface area contributed by atoms with E-state index in [2.05, 4.69) is 45.3 Å². The lowest BCUT2D eigenvalue weighted by Crippen LogP contribution is -2.40. The summed E-state index contributed by atoms with van der Waals surface area (Å²) >= 11 is 0. The number of H-pyrrole nitrogens is 1. The number of nitrogens with zero attached hydrogens (tertiary/aromatic N) is 5. The Morgan fingerprint density at radius 1 is 1.12 bits per heavy atom. The van der Waals surface area contributed by atoms with Crippen LogP contribution in [0.25, 0.3) is 10.9 Å². The van der Waals surface area contributed by atoms with E-state index < -0.39 is 0 Å². The highest BCUT2D eigenvalue weighted by atomic mass is 16.5. The molecule has 0 bridgehead atoms. The summed E-state index contributed by atoms with van der Waals surface area (Å²) in [6.07, 6.45) is 2.17. The number of methoxy groups -OCH3 is 1. The molecule has 8 nitrogen and oxygen atoms in total. The fraction of sp³-hybridized carbons (Fsp3) is 0.385. The second kappa shape index (κ2) is 9.38. The van der Waals surface area contributed by atoms with Gasteiger partial charge >= 0.3 is 0 Å². The molecule has 0 aliphatic carbocycles. The first kappa shape index (κ1) is 22.3. The Balaban J connectivity index is 1.58. The van der Waals surface area contributed by atoms with Gasteiger partial charge in [0.25, 0.3) is 5.56 Å². The maximum atomic E-state index is 13.3. The molecule has 1 atom stereocenters. The van der Waals surface area contributed by atoms with E-state index >= 15 is 0 Å². The average Bonchev–Trinajstić information content (AvgIpc) is 3.29. The number of hydrogen-bond acceptors (Lipinski definition) is 6. The lowest BCUT2D eigenvalue weighted by molar-refractivity contribution is 0.149. The summed E-state index contributed by atoms with van der Waals surface area (Å²) in [7, 11) is 1.65. The van der Waals surface area contributed by atoms with Crippen molar-refractivity contribution in [1.29, 1.82) is 0 Å². The molecule has 3 heterocycles. The molecule has 1 aliphatic rings. The van der Waals surface area contributed by atoms with Crippen LogP contribution in [-0.4, -0.2) is 50.3 Å². The van der Waals surface area contributed by atoms with Crippen LogP contribution < -0.4 is 10.3 Å². The van der Waals surface area contributed by atoms with Crippen molar-refractivity contribution in [2.45, 2.75) is 39.3 Å². The number of aryl methyl sites for hydroxylation is 1. The third-order valence-electron chi connectivity index (χ3n) is 6.80. The average molecular weight is 459 g/mol. The number of tetrazole rings is 1. The van der Waals surface area contributed by atoms with Crippen molar-refractivity contribution in [1.82, 2.24) is 30.1 Å². The van der Waals surface area contributed by atoms with E-state index in [0.29, 0.717) is 23.9 Å². The number of likely N-dealkylation sites (tertiary alicyclic amines) is 1. The van der Waals surface area contributed by atoms with Gasteiger partial charge in [-0.3, -0.25) is 9.69 Å². The number of aromatic nitrogens is 5.